The third-order valence-electron chi connectivity index (χ3n) is 7.13. The fourth-order valence-corrected chi connectivity index (χ4v) is 4.95. The molecule has 2 atom stereocenters. The summed E-state index contributed by atoms with van der Waals surface area (Å²) in [6, 6.07) is 14.3. The number of nitrogens with one attached hydrogen (secondary N) is 1. The van der Waals surface area contributed by atoms with Crippen molar-refractivity contribution in [2.45, 2.75) is 31.1 Å². The molecule has 0 aliphatic carbocycles. The molecule has 3 fully saturated rings. The van der Waals surface area contributed by atoms with Gasteiger partial charge in [0, 0.05) is 50.4 Å². The van der Waals surface area contributed by atoms with Gasteiger partial charge in [-0.25, -0.2) is 9.59 Å². The molecule has 3 amide bonds. The molecule has 0 spiro atoms. The molecule has 5 rings (SSSR count). The SMILES string of the molecule is O=C(O)C(F)(F)F.O=C(O)CC[C@H]1COCCN1C(=O)c1ccc(Oc2ccc(N3C[C@@H]4CNCCN4C3=O)cc2)cc1. The normalized spacial score (nSPS) is 20.2. The first-order valence-electron chi connectivity index (χ1n) is 13.5. The van der Waals surface area contributed by atoms with Crippen LogP contribution in [0, 0.1) is 0 Å². The fourth-order valence-electron chi connectivity index (χ4n) is 4.95. The van der Waals surface area contributed by atoms with E-state index in [-0.39, 0.29) is 30.4 Å². The van der Waals surface area contributed by atoms with Crippen molar-refractivity contribution < 1.29 is 52.0 Å². The van der Waals surface area contributed by atoms with Gasteiger partial charge < -0.3 is 34.8 Å². The molecule has 3 aliphatic heterocycles. The van der Waals surface area contributed by atoms with E-state index in [0.717, 1.165) is 25.3 Å². The highest BCUT2D eigenvalue weighted by Gasteiger charge is 2.39. The number of alkyl halides is 3. The van der Waals surface area contributed by atoms with E-state index in [0.29, 0.717) is 49.8 Å². The minimum atomic E-state index is -5.08. The third kappa shape index (κ3) is 8.14. The maximum absolute atomic E-state index is 13.1. The van der Waals surface area contributed by atoms with Crippen molar-refractivity contribution in [2.24, 2.45) is 0 Å². The number of nitrogens with zero attached hydrogens (tertiary/aromatic N) is 3. The highest BCUT2D eigenvalue weighted by atomic mass is 19.4. The van der Waals surface area contributed by atoms with Crippen LogP contribution in [0.3, 0.4) is 0 Å². The lowest BCUT2D eigenvalue weighted by Crippen LogP contribution is -2.49. The van der Waals surface area contributed by atoms with Crippen LogP contribution < -0.4 is 15.0 Å². The van der Waals surface area contributed by atoms with Crippen molar-refractivity contribution >= 4 is 29.6 Å². The van der Waals surface area contributed by atoms with Gasteiger partial charge in [-0.15, -0.1) is 0 Å². The number of ether oxygens (including phenoxy) is 2. The summed E-state index contributed by atoms with van der Waals surface area (Å²) in [4.78, 5) is 51.1. The lowest BCUT2D eigenvalue weighted by molar-refractivity contribution is -0.192. The smallest absolute Gasteiger partial charge is 0.481 e. The lowest BCUT2D eigenvalue weighted by Gasteiger charge is -2.35. The van der Waals surface area contributed by atoms with E-state index >= 15 is 0 Å². The Balaban J connectivity index is 0.000000541. The van der Waals surface area contributed by atoms with Crippen LogP contribution in [-0.2, 0) is 14.3 Å². The van der Waals surface area contributed by atoms with Crippen molar-refractivity contribution in [3.05, 3.63) is 54.1 Å². The Morgan fingerprint density at radius 1 is 1.00 bits per heavy atom. The monoisotopic (exact) mass is 608 g/mol. The van der Waals surface area contributed by atoms with Crippen LogP contribution in [0.25, 0.3) is 0 Å². The minimum absolute atomic E-state index is 0.00859. The van der Waals surface area contributed by atoms with E-state index in [1.54, 1.807) is 34.1 Å². The number of halogens is 3. The summed E-state index contributed by atoms with van der Waals surface area (Å²) in [6.45, 7) is 4.25. The molecule has 2 aromatic carbocycles. The van der Waals surface area contributed by atoms with E-state index in [4.69, 9.17) is 24.5 Å². The zero-order valence-corrected chi connectivity index (χ0v) is 23.0. The van der Waals surface area contributed by atoms with Crippen LogP contribution in [0.4, 0.5) is 23.7 Å². The average molecular weight is 609 g/mol. The summed E-state index contributed by atoms with van der Waals surface area (Å²) < 4.78 is 43.1. The Hall–Kier alpha value is -4.37. The van der Waals surface area contributed by atoms with E-state index in [1.165, 1.54) is 0 Å². The Labute approximate surface area is 244 Å². The highest BCUT2D eigenvalue weighted by Crippen LogP contribution is 2.29. The zero-order chi connectivity index (χ0) is 31.1. The molecule has 15 heteroatoms. The largest absolute Gasteiger partial charge is 0.490 e. The predicted molar refractivity (Wildman–Crippen MR) is 145 cm³/mol. The molecule has 3 heterocycles. The summed E-state index contributed by atoms with van der Waals surface area (Å²) in [5.74, 6) is -2.57. The minimum Gasteiger partial charge on any atom is -0.481 e. The predicted octanol–water partition coefficient (Wildman–Crippen LogP) is 3.03. The van der Waals surface area contributed by atoms with Crippen LogP contribution in [0.2, 0.25) is 0 Å². The maximum Gasteiger partial charge on any atom is 0.490 e. The number of piperazine rings is 1. The van der Waals surface area contributed by atoms with Gasteiger partial charge in [-0.05, 0) is 55.0 Å². The number of urea groups is 1. The molecule has 0 radical (unpaired) electrons. The molecule has 3 N–H and O–H groups in total. The molecule has 43 heavy (non-hydrogen) atoms. The van der Waals surface area contributed by atoms with Crippen LogP contribution in [0.5, 0.6) is 11.5 Å². The summed E-state index contributed by atoms with van der Waals surface area (Å²) in [5.41, 5.74) is 1.35. The second-order valence-electron chi connectivity index (χ2n) is 10.0. The molecular formula is C28H31F3N4O8. The number of morpholine rings is 1. The third-order valence-corrected chi connectivity index (χ3v) is 7.13. The highest BCUT2D eigenvalue weighted by molar-refractivity contribution is 5.95. The Morgan fingerprint density at radius 2 is 1.63 bits per heavy atom. The first kappa shape index (κ1) is 31.6. The number of benzene rings is 2. The molecule has 0 aromatic heterocycles. The molecular weight excluding hydrogens is 577 g/mol. The number of hydrogen-bond donors (Lipinski definition) is 3. The average Bonchev–Trinajstić information content (AvgIpc) is 3.33. The van der Waals surface area contributed by atoms with Crippen molar-refractivity contribution in [3.63, 3.8) is 0 Å². The Morgan fingerprint density at radius 3 is 2.21 bits per heavy atom. The second-order valence-corrected chi connectivity index (χ2v) is 10.0. The lowest BCUT2D eigenvalue weighted by atomic mass is 10.1. The summed E-state index contributed by atoms with van der Waals surface area (Å²) in [6.07, 6.45) is -4.73. The van der Waals surface area contributed by atoms with Crippen LogP contribution in [0.15, 0.2) is 48.5 Å². The van der Waals surface area contributed by atoms with Gasteiger partial charge in [0.1, 0.15) is 11.5 Å². The first-order valence-corrected chi connectivity index (χ1v) is 13.5. The van der Waals surface area contributed by atoms with Gasteiger partial charge in [0.2, 0.25) is 0 Å². The van der Waals surface area contributed by atoms with Gasteiger partial charge in [-0.2, -0.15) is 13.2 Å². The summed E-state index contributed by atoms with van der Waals surface area (Å²) in [7, 11) is 0. The number of amides is 3. The first-order chi connectivity index (χ1) is 20.4. The van der Waals surface area contributed by atoms with Gasteiger partial charge in [0.15, 0.2) is 0 Å². The fraction of sp³-hybridized carbons (Fsp3) is 0.429. The number of aliphatic carboxylic acids is 2. The van der Waals surface area contributed by atoms with E-state index < -0.39 is 18.1 Å². The standard InChI is InChI=1S/C26H30N4O6.C2HF3O2/c31-24(32)10-5-20-17-35-14-13-28(20)25(33)18-1-6-22(7-2-18)36-23-8-3-19(4-9-23)30-16-21-15-27-11-12-29(21)26(30)34;3-2(4,5)1(6)7/h1-4,6-9,20-21,27H,5,10-17H2,(H,31,32);(H,6,7)/t20-,21-;/m0./s1. The zero-order valence-electron chi connectivity index (χ0n) is 23.0. The number of carboxylic acid groups (broad SMARTS) is 2. The molecule has 3 saturated heterocycles. The molecule has 0 saturated carbocycles. The van der Waals surface area contributed by atoms with Crippen LogP contribution >= 0.6 is 0 Å². The van der Waals surface area contributed by atoms with Crippen molar-refractivity contribution in [2.75, 3.05) is 50.8 Å². The number of carbonyl (C=O) groups is 4. The Bertz CT molecular complexity index is 1310. The van der Waals surface area contributed by atoms with Crippen molar-refractivity contribution in [3.8, 4) is 11.5 Å². The number of hydrogen-bond acceptors (Lipinski definition) is 7. The van der Waals surface area contributed by atoms with Gasteiger partial charge in [-0.3, -0.25) is 14.5 Å². The molecule has 3 aliphatic rings. The van der Waals surface area contributed by atoms with Crippen molar-refractivity contribution in [1.82, 2.24) is 15.1 Å². The van der Waals surface area contributed by atoms with Crippen LogP contribution in [-0.4, -0.2) is 108 Å². The molecule has 232 valence electrons. The van der Waals surface area contributed by atoms with E-state index in [2.05, 4.69) is 5.32 Å². The topological polar surface area (TPSA) is 149 Å². The Kier molecular flexibility index (Phi) is 10.1. The van der Waals surface area contributed by atoms with Crippen molar-refractivity contribution in [1.29, 1.82) is 0 Å². The number of anilines is 1. The summed E-state index contributed by atoms with van der Waals surface area (Å²) in [5, 5.41) is 19.4. The number of carboxylic acids is 2. The number of rotatable bonds is 7. The van der Waals surface area contributed by atoms with Gasteiger partial charge >= 0.3 is 24.1 Å². The van der Waals surface area contributed by atoms with Gasteiger partial charge in [0.05, 0.1) is 25.3 Å². The molecule has 12 nitrogen and oxygen atoms in total. The molecule has 0 unspecified atom stereocenters. The summed E-state index contributed by atoms with van der Waals surface area (Å²) >= 11 is 0. The molecule has 2 aromatic rings. The van der Waals surface area contributed by atoms with Gasteiger partial charge in [0.25, 0.3) is 5.91 Å². The maximum atomic E-state index is 13.1. The number of carbonyl (C=O) groups excluding carboxylic acids is 2. The van der Waals surface area contributed by atoms with E-state index in [1.807, 2.05) is 29.2 Å². The quantitative estimate of drug-likeness (QED) is 0.431. The van der Waals surface area contributed by atoms with E-state index in [9.17, 15) is 27.6 Å². The second kappa shape index (κ2) is 13.7. The number of fused-ring (bicyclic) bond motifs is 1. The molecule has 0 bridgehead atoms. The van der Waals surface area contributed by atoms with Crippen LogP contribution in [0.1, 0.15) is 23.2 Å². The van der Waals surface area contributed by atoms with Gasteiger partial charge in [-0.1, -0.05) is 0 Å².